The first-order chi connectivity index (χ1) is 6.29. The molecule has 0 aromatic carbocycles. The molecule has 13 heavy (non-hydrogen) atoms. The standard InChI is InChI=1S/C10H15N3/c1-9(2)4-7-11-8-10-12-5-3-6-13-10/h3-6,11H,7-8H2,1-2H3. The molecule has 0 amide bonds. The van der Waals surface area contributed by atoms with Crippen LogP contribution < -0.4 is 5.32 Å². The molecule has 70 valence electrons. The predicted molar refractivity (Wildman–Crippen MR) is 53.2 cm³/mol. The summed E-state index contributed by atoms with van der Waals surface area (Å²) in [6.07, 6.45) is 5.65. The van der Waals surface area contributed by atoms with Crippen LogP contribution in [0.1, 0.15) is 19.7 Å². The molecule has 1 rings (SSSR count). The first-order valence-electron chi connectivity index (χ1n) is 4.39. The van der Waals surface area contributed by atoms with E-state index >= 15 is 0 Å². The monoisotopic (exact) mass is 177 g/mol. The van der Waals surface area contributed by atoms with E-state index in [2.05, 4.69) is 35.2 Å². The van der Waals surface area contributed by atoms with Crippen molar-refractivity contribution >= 4 is 0 Å². The number of allylic oxidation sites excluding steroid dienone is 1. The smallest absolute Gasteiger partial charge is 0.141 e. The highest BCUT2D eigenvalue weighted by molar-refractivity contribution is 4.95. The van der Waals surface area contributed by atoms with E-state index in [1.165, 1.54) is 5.57 Å². The molecular formula is C10H15N3. The summed E-state index contributed by atoms with van der Waals surface area (Å²) in [5.41, 5.74) is 1.32. The summed E-state index contributed by atoms with van der Waals surface area (Å²) in [4.78, 5) is 8.20. The van der Waals surface area contributed by atoms with Crippen molar-refractivity contribution < 1.29 is 0 Å². The van der Waals surface area contributed by atoms with Crippen molar-refractivity contribution in [3.05, 3.63) is 35.9 Å². The summed E-state index contributed by atoms with van der Waals surface area (Å²) in [5.74, 6) is 0.838. The fourth-order valence-electron chi connectivity index (χ4n) is 0.882. The highest BCUT2D eigenvalue weighted by Gasteiger charge is 1.90. The number of nitrogens with zero attached hydrogens (tertiary/aromatic N) is 2. The van der Waals surface area contributed by atoms with Gasteiger partial charge in [-0.1, -0.05) is 11.6 Å². The Bertz CT molecular complexity index is 263. The molecular weight excluding hydrogens is 162 g/mol. The van der Waals surface area contributed by atoms with Gasteiger partial charge in [-0.25, -0.2) is 9.97 Å². The van der Waals surface area contributed by atoms with E-state index in [1.54, 1.807) is 12.4 Å². The largest absolute Gasteiger partial charge is 0.306 e. The lowest BCUT2D eigenvalue weighted by Gasteiger charge is -1.99. The molecule has 0 fully saturated rings. The van der Waals surface area contributed by atoms with Crippen LogP contribution in [0, 0.1) is 0 Å². The van der Waals surface area contributed by atoms with Crippen molar-refractivity contribution in [2.45, 2.75) is 20.4 Å². The Morgan fingerprint density at radius 1 is 1.38 bits per heavy atom. The van der Waals surface area contributed by atoms with E-state index in [-0.39, 0.29) is 0 Å². The molecule has 0 bridgehead atoms. The SMILES string of the molecule is CC(C)=CCNCc1ncccn1. The van der Waals surface area contributed by atoms with Gasteiger partial charge in [-0.15, -0.1) is 0 Å². The van der Waals surface area contributed by atoms with Crippen molar-refractivity contribution in [1.29, 1.82) is 0 Å². The number of nitrogens with one attached hydrogen (secondary N) is 1. The van der Waals surface area contributed by atoms with Gasteiger partial charge in [0.15, 0.2) is 0 Å². The fraction of sp³-hybridized carbons (Fsp3) is 0.400. The van der Waals surface area contributed by atoms with E-state index in [1.807, 2.05) is 6.07 Å². The van der Waals surface area contributed by atoms with Crippen LogP contribution in [0.2, 0.25) is 0 Å². The van der Waals surface area contributed by atoms with Crippen LogP contribution in [0.15, 0.2) is 30.1 Å². The van der Waals surface area contributed by atoms with Crippen molar-refractivity contribution in [3.8, 4) is 0 Å². The van der Waals surface area contributed by atoms with Crippen LogP contribution >= 0.6 is 0 Å². The lowest BCUT2D eigenvalue weighted by atomic mass is 10.3. The summed E-state index contributed by atoms with van der Waals surface area (Å²) in [6, 6.07) is 1.82. The summed E-state index contributed by atoms with van der Waals surface area (Å²) in [5, 5.41) is 3.23. The Hall–Kier alpha value is -1.22. The Kier molecular flexibility index (Phi) is 4.12. The van der Waals surface area contributed by atoms with Crippen LogP contribution in [0.4, 0.5) is 0 Å². The molecule has 0 spiro atoms. The minimum absolute atomic E-state index is 0.727. The minimum Gasteiger partial charge on any atom is -0.306 e. The van der Waals surface area contributed by atoms with Crippen molar-refractivity contribution in [2.75, 3.05) is 6.54 Å². The van der Waals surface area contributed by atoms with Crippen molar-refractivity contribution in [2.24, 2.45) is 0 Å². The molecule has 0 aliphatic carbocycles. The van der Waals surface area contributed by atoms with E-state index in [0.29, 0.717) is 0 Å². The summed E-state index contributed by atoms with van der Waals surface area (Å²) in [6.45, 7) is 5.77. The third-order valence-corrected chi connectivity index (χ3v) is 1.56. The summed E-state index contributed by atoms with van der Waals surface area (Å²) < 4.78 is 0. The van der Waals surface area contributed by atoms with Gasteiger partial charge in [0.05, 0.1) is 6.54 Å². The summed E-state index contributed by atoms with van der Waals surface area (Å²) in [7, 11) is 0. The molecule has 0 saturated heterocycles. The van der Waals surface area contributed by atoms with Crippen molar-refractivity contribution in [3.63, 3.8) is 0 Å². The molecule has 1 aromatic heterocycles. The number of hydrogen-bond donors (Lipinski definition) is 1. The molecule has 1 aromatic rings. The second-order valence-electron chi connectivity index (χ2n) is 3.08. The Morgan fingerprint density at radius 3 is 2.69 bits per heavy atom. The summed E-state index contributed by atoms with van der Waals surface area (Å²) >= 11 is 0. The Labute approximate surface area is 78.9 Å². The third-order valence-electron chi connectivity index (χ3n) is 1.56. The predicted octanol–water partition coefficient (Wildman–Crippen LogP) is 1.53. The molecule has 1 heterocycles. The molecule has 1 N–H and O–H groups in total. The topological polar surface area (TPSA) is 37.8 Å². The molecule has 0 atom stereocenters. The lowest BCUT2D eigenvalue weighted by molar-refractivity contribution is 0.713. The van der Waals surface area contributed by atoms with Crippen LogP contribution in [0.5, 0.6) is 0 Å². The normalized spacial score (nSPS) is 9.69. The van der Waals surface area contributed by atoms with Gasteiger partial charge in [0.25, 0.3) is 0 Å². The first kappa shape index (κ1) is 9.86. The highest BCUT2D eigenvalue weighted by Crippen LogP contribution is 1.88. The molecule has 0 aliphatic heterocycles. The molecule has 3 nitrogen and oxygen atoms in total. The van der Waals surface area contributed by atoms with Gasteiger partial charge < -0.3 is 5.32 Å². The third kappa shape index (κ3) is 4.38. The maximum atomic E-state index is 4.10. The molecule has 3 heteroatoms. The van der Waals surface area contributed by atoms with E-state index in [0.717, 1.165) is 18.9 Å². The zero-order valence-electron chi connectivity index (χ0n) is 8.12. The van der Waals surface area contributed by atoms with E-state index < -0.39 is 0 Å². The van der Waals surface area contributed by atoms with Gasteiger partial charge >= 0.3 is 0 Å². The Balaban J connectivity index is 2.25. The number of hydrogen-bond acceptors (Lipinski definition) is 3. The average molecular weight is 177 g/mol. The highest BCUT2D eigenvalue weighted by atomic mass is 14.9. The van der Waals surface area contributed by atoms with Crippen LogP contribution in [0.3, 0.4) is 0 Å². The fourth-order valence-corrected chi connectivity index (χ4v) is 0.882. The second kappa shape index (κ2) is 5.43. The zero-order chi connectivity index (χ0) is 9.52. The number of rotatable bonds is 4. The van der Waals surface area contributed by atoms with Gasteiger partial charge in [0, 0.05) is 18.9 Å². The van der Waals surface area contributed by atoms with Crippen LogP contribution in [-0.4, -0.2) is 16.5 Å². The zero-order valence-corrected chi connectivity index (χ0v) is 8.12. The van der Waals surface area contributed by atoms with Gasteiger partial charge in [-0.05, 0) is 19.9 Å². The van der Waals surface area contributed by atoms with Crippen molar-refractivity contribution in [1.82, 2.24) is 15.3 Å². The maximum absolute atomic E-state index is 4.10. The van der Waals surface area contributed by atoms with E-state index in [9.17, 15) is 0 Å². The average Bonchev–Trinajstić information content (AvgIpc) is 2.14. The van der Waals surface area contributed by atoms with Gasteiger partial charge in [0.2, 0.25) is 0 Å². The van der Waals surface area contributed by atoms with Crippen LogP contribution in [-0.2, 0) is 6.54 Å². The molecule has 0 saturated carbocycles. The number of aromatic nitrogens is 2. The first-order valence-corrected chi connectivity index (χ1v) is 4.39. The molecule has 0 radical (unpaired) electrons. The molecule has 0 aliphatic rings. The minimum atomic E-state index is 0.727. The van der Waals surface area contributed by atoms with Gasteiger partial charge in [-0.3, -0.25) is 0 Å². The second-order valence-corrected chi connectivity index (χ2v) is 3.08. The van der Waals surface area contributed by atoms with Gasteiger partial charge in [0.1, 0.15) is 5.82 Å². The maximum Gasteiger partial charge on any atom is 0.141 e. The lowest BCUT2D eigenvalue weighted by Crippen LogP contribution is -2.15. The molecule has 0 unspecified atom stereocenters. The quantitative estimate of drug-likeness (QED) is 0.560. The van der Waals surface area contributed by atoms with Crippen LogP contribution in [0.25, 0.3) is 0 Å². The van der Waals surface area contributed by atoms with Gasteiger partial charge in [-0.2, -0.15) is 0 Å². The Morgan fingerprint density at radius 2 is 2.08 bits per heavy atom. The van der Waals surface area contributed by atoms with E-state index in [4.69, 9.17) is 0 Å².